The second-order valence-corrected chi connectivity index (χ2v) is 4.51. The van der Waals surface area contributed by atoms with Crippen LogP contribution >= 0.6 is 0 Å². The fraction of sp³-hybridized carbons (Fsp3) is 0.400. The van der Waals surface area contributed by atoms with E-state index in [4.69, 9.17) is 4.74 Å². The maximum absolute atomic E-state index is 11.9. The molecular weight excluding hydrogens is 274 g/mol. The summed E-state index contributed by atoms with van der Waals surface area (Å²) < 4.78 is 9.88. The van der Waals surface area contributed by atoms with Gasteiger partial charge in [0.15, 0.2) is 11.8 Å². The van der Waals surface area contributed by atoms with Gasteiger partial charge in [0.1, 0.15) is 6.10 Å². The SMILES string of the molecule is COC(=O)[C@@H](NC(=O)C(C)OCc1ccccc1)C(C)=O. The highest BCUT2D eigenvalue weighted by Crippen LogP contribution is 2.04. The lowest BCUT2D eigenvalue weighted by molar-refractivity contribution is -0.150. The number of esters is 1. The van der Waals surface area contributed by atoms with Gasteiger partial charge in [-0.2, -0.15) is 0 Å². The van der Waals surface area contributed by atoms with Gasteiger partial charge in [0.2, 0.25) is 5.91 Å². The van der Waals surface area contributed by atoms with Crippen LogP contribution in [0.3, 0.4) is 0 Å². The third kappa shape index (κ3) is 5.35. The molecular formula is C15H19NO5. The molecule has 6 heteroatoms. The Labute approximate surface area is 123 Å². The Morgan fingerprint density at radius 1 is 1.19 bits per heavy atom. The zero-order chi connectivity index (χ0) is 15.8. The normalized spacial score (nSPS) is 13.1. The molecule has 0 aromatic heterocycles. The summed E-state index contributed by atoms with van der Waals surface area (Å²) in [5.74, 6) is -1.84. The quantitative estimate of drug-likeness (QED) is 0.595. The van der Waals surface area contributed by atoms with E-state index in [-0.39, 0.29) is 6.61 Å². The number of hydrogen-bond acceptors (Lipinski definition) is 5. The van der Waals surface area contributed by atoms with E-state index in [0.717, 1.165) is 12.7 Å². The molecule has 0 radical (unpaired) electrons. The number of amides is 1. The molecule has 1 amide bonds. The first-order chi connectivity index (χ1) is 9.95. The van der Waals surface area contributed by atoms with Crippen LogP contribution in [0.15, 0.2) is 30.3 Å². The van der Waals surface area contributed by atoms with Crippen molar-refractivity contribution < 1.29 is 23.9 Å². The van der Waals surface area contributed by atoms with Gasteiger partial charge in [0.05, 0.1) is 13.7 Å². The van der Waals surface area contributed by atoms with E-state index in [1.807, 2.05) is 30.3 Å². The van der Waals surface area contributed by atoms with E-state index in [1.165, 1.54) is 6.92 Å². The molecule has 6 nitrogen and oxygen atoms in total. The zero-order valence-corrected chi connectivity index (χ0v) is 12.3. The number of carbonyl (C=O) groups is 3. The number of rotatable bonds is 7. The average molecular weight is 293 g/mol. The number of ether oxygens (including phenoxy) is 2. The van der Waals surface area contributed by atoms with Crippen molar-refractivity contribution in [2.24, 2.45) is 0 Å². The number of Topliss-reactive ketones (excluding diaryl/α,β-unsaturated/α-hetero) is 1. The Hall–Kier alpha value is -2.21. The van der Waals surface area contributed by atoms with Gasteiger partial charge in [-0.1, -0.05) is 30.3 Å². The van der Waals surface area contributed by atoms with Crippen molar-refractivity contribution in [3.05, 3.63) is 35.9 Å². The number of nitrogens with one attached hydrogen (secondary N) is 1. The van der Waals surface area contributed by atoms with Crippen molar-refractivity contribution in [3.8, 4) is 0 Å². The van der Waals surface area contributed by atoms with Gasteiger partial charge in [0.25, 0.3) is 0 Å². The number of hydrogen-bond donors (Lipinski definition) is 1. The summed E-state index contributed by atoms with van der Waals surface area (Å²) in [7, 11) is 1.15. The lowest BCUT2D eigenvalue weighted by Crippen LogP contribution is -2.49. The molecule has 0 fully saturated rings. The van der Waals surface area contributed by atoms with Crippen LogP contribution in [-0.4, -0.2) is 36.9 Å². The maximum atomic E-state index is 11.9. The van der Waals surface area contributed by atoms with Gasteiger partial charge in [-0.3, -0.25) is 9.59 Å². The van der Waals surface area contributed by atoms with Gasteiger partial charge >= 0.3 is 5.97 Å². The molecule has 0 aliphatic rings. The zero-order valence-electron chi connectivity index (χ0n) is 12.3. The third-order valence-electron chi connectivity index (χ3n) is 2.84. The monoisotopic (exact) mass is 293 g/mol. The second kappa shape index (κ2) is 8.16. The minimum atomic E-state index is -1.30. The largest absolute Gasteiger partial charge is 0.467 e. The highest BCUT2D eigenvalue weighted by Gasteiger charge is 2.28. The highest BCUT2D eigenvalue weighted by molar-refractivity contribution is 6.05. The Bertz CT molecular complexity index is 500. The number of ketones is 1. The van der Waals surface area contributed by atoms with Crippen LogP contribution in [0.4, 0.5) is 0 Å². The summed E-state index contributed by atoms with van der Waals surface area (Å²) in [6.45, 7) is 3.02. The van der Waals surface area contributed by atoms with Gasteiger partial charge < -0.3 is 14.8 Å². The van der Waals surface area contributed by atoms with E-state index in [0.29, 0.717) is 0 Å². The van der Waals surface area contributed by atoms with Crippen LogP contribution in [-0.2, 0) is 30.5 Å². The summed E-state index contributed by atoms with van der Waals surface area (Å²) in [5.41, 5.74) is 0.924. The van der Waals surface area contributed by atoms with E-state index in [2.05, 4.69) is 10.1 Å². The highest BCUT2D eigenvalue weighted by atomic mass is 16.5. The second-order valence-electron chi connectivity index (χ2n) is 4.51. The number of carbonyl (C=O) groups excluding carboxylic acids is 3. The van der Waals surface area contributed by atoms with Gasteiger partial charge in [-0.25, -0.2) is 4.79 Å². The summed E-state index contributed by atoms with van der Waals surface area (Å²) in [5, 5.41) is 2.32. The van der Waals surface area contributed by atoms with Crippen molar-refractivity contribution in [2.45, 2.75) is 32.6 Å². The Morgan fingerprint density at radius 2 is 1.81 bits per heavy atom. The lowest BCUT2D eigenvalue weighted by Gasteiger charge is -2.17. The molecule has 0 spiro atoms. The minimum Gasteiger partial charge on any atom is -0.467 e. The van der Waals surface area contributed by atoms with E-state index in [1.54, 1.807) is 6.92 Å². The molecule has 1 N–H and O–H groups in total. The smallest absolute Gasteiger partial charge is 0.336 e. The number of benzene rings is 1. The molecule has 114 valence electrons. The average Bonchev–Trinajstić information content (AvgIpc) is 2.49. The molecule has 0 saturated heterocycles. The van der Waals surface area contributed by atoms with Crippen LogP contribution in [0.2, 0.25) is 0 Å². The van der Waals surface area contributed by atoms with Crippen molar-refractivity contribution in [1.29, 1.82) is 0 Å². The third-order valence-corrected chi connectivity index (χ3v) is 2.84. The summed E-state index contributed by atoms with van der Waals surface area (Å²) in [6, 6.07) is 8.06. The molecule has 0 heterocycles. The predicted octanol–water partition coefficient (Wildman–Crippen LogP) is 0.838. The van der Waals surface area contributed by atoms with E-state index < -0.39 is 29.8 Å². The van der Waals surface area contributed by atoms with E-state index >= 15 is 0 Å². The van der Waals surface area contributed by atoms with Crippen LogP contribution in [0.5, 0.6) is 0 Å². The molecule has 21 heavy (non-hydrogen) atoms. The van der Waals surface area contributed by atoms with Crippen molar-refractivity contribution in [3.63, 3.8) is 0 Å². The molecule has 0 bridgehead atoms. The van der Waals surface area contributed by atoms with Crippen LogP contribution in [0, 0.1) is 0 Å². The van der Waals surface area contributed by atoms with Crippen molar-refractivity contribution in [1.82, 2.24) is 5.32 Å². The van der Waals surface area contributed by atoms with Crippen LogP contribution < -0.4 is 5.32 Å². The fourth-order valence-electron chi connectivity index (χ4n) is 1.58. The standard InChI is InChI=1S/C15H19NO5/c1-10(17)13(15(19)20-3)16-14(18)11(2)21-9-12-7-5-4-6-8-12/h4-8,11,13H,9H2,1-3H3,(H,16,18)/t11?,13-/m0/s1. The molecule has 0 aliphatic carbocycles. The van der Waals surface area contributed by atoms with Gasteiger partial charge in [-0.05, 0) is 19.4 Å². The minimum absolute atomic E-state index is 0.262. The topological polar surface area (TPSA) is 81.7 Å². The molecule has 0 saturated carbocycles. The first-order valence-corrected chi connectivity index (χ1v) is 6.50. The Morgan fingerprint density at radius 3 is 2.33 bits per heavy atom. The first kappa shape index (κ1) is 16.8. The van der Waals surface area contributed by atoms with Crippen LogP contribution in [0.1, 0.15) is 19.4 Å². The molecule has 1 aromatic rings. The number of methoxy groups -OCH3 is 1. The van der Waals surface area contributed by atoms with Crippen molar-refractivity contribution in [2.75, 3.05) is 7.11 Å². The summed E-state index contributed by atoms with van der Waals surface area (Å²) in [4.78, 5) is 34.6. The van der Waals surface area contributed by atoms with Crippen molar-refractivity contribution >= 4 is 17.7 Å². The summed E-state index contributed by atoms with van der Waals surface area (Å²) in [6.07, 6.45) is -0.795. The van der Waals surface area contributed by atoms with Crippen LogP contribution in [0.25, 0.3) is 0 Å². The molecule has 1 unspecified atom stereocenters. The Kier molecular flexibility index (Phi) is 6.55. The Balaban J connectivity index is 2.53. The molecule has 2 atom stereocenters. The van der Waals surface area contributed by atoms with E-state index in [9.17, 15) is 14.4 Å². The van der Waals surface area contributed by atoms with Gasteiger partial charge in [0, 0.05) is 0 Å². The summed E-state index contributed by atoms with van der Waals surface area (Å²) >= 11 is 0. The predicted molar refractivity (Wildman–Crippen MR) is 75.3 cm³/mol. The molecule has 1 rings (SSSR count). The van der Waals surface area contributed by atoms with Gasteiger partial charge in [-0.15, -0.1) is 0 Å². The lowest BCUT2D eigenvalue weighted by atomic mass is 10.2. The fourth-order valence-corrected chi connectivity index (χ4v) is 1.58. The maximum Gasteiger partial charge on any atom is 0.336 e. The molecule has 0 aliphatic heterocycles. The first-order valence-electron chi connectivity index (χ1n) is 6.50. The molecule has 1 aromatic carbocycles.